The topological polar surface area (TPSA) is 21.3 Å². The van der Waals surface area contributed by atoms with Crippen molar-refractivity contribution in [3.63, 3.8) is 0 Å². The van der Waals surface area contributed by atoms with Crippen LogP contribution in [0.25, 0.3) is 0 Å². The van der Waals surface area contributed by atoms with E-state index in [1.165, 1.54) is 5.56 Å². The van der Waals surface area contributed by atoms with Gasteiger partial charge in [0.2, 0.25) is 0 Å². The fraction of sp³-hybridized carbons (Fsp3) is 0.625. The number of nitrogens with one attached hydrogen (secondary N) is 1. The largest absolute Gasteiger partial charge is 0.375 e. The third-order valence-electron chi connectivity index (χ3n) is 3.78. The Kier molecular flexibility index (Phi) is 4.41. The summed E-state index contributed by atoms with van der Waals surface area (Å²) in [5, 5.41) is 3.70. The van der Waals surface area contributed by atoms with Gasteiger partial charge in [-0.2, -0.15) is 0 Å². The molecule has 1 saturated heterocycles. The minimum atomic E-state index is 0.0336. The highest BCUT2D eigenvalue weighted by atomic mass is 16.5. The van der Waals surface area contributed by atoms with E-state index in [4.69, 9.17) is 4.74 Å². The fourth-order valence-corrected chi connectivity index (χ4v) is 2.65. The highest BCUT2D eigenvalue weighted by Gasteiger charge is 2.28. The molecule has 0 aromatic heterocycles. The SMILES string of the molecule is CC(CNC1CCOC(C)(C)C1)c1ccccc1. The van der Waals surface area contributed by atoms with Crippen molar-refractivity contribution >= 4 is 0 Å². The Morgan fingerprint density at radius 1 is 1.33 bits per heavy atom. The van der Waals surface area contributed by atoms with Crippen LogP contribution in [0, 0.1) is 0 Å². The molecule has 0 aliphatic carbocycles. The van der Waals surface area contributed by atoms with Crippen molar-refractivity contribution in [1.82, 2.24) is 5.32 Å². The van der Waals surface area contributed by atoms with Crippen molar-refractivity contribution in [2.24, 2.45) is 0 Å². The standard InChI is InChI=1S/C16H25NO/c1-13(14-7-5-4-6-8-14)12-17-15-9-10-18-16(2,3)11-15/h4-8,13,15,17H,9-12H2,1-3H3. The molecule has 0 saturated carbocycles. The molecule has 0 spiro atoms. The van der Waals surface area contributed by atoms with Crippen LogP contribution in [-0.4, -0.2) is 24.8 Å². The summed E-state index contributed by atoms with van der Waals surface area (Å²) in [6.45, 7) is 8.57. The Balaban J connectivity index is 1.81. The Morgan fingerprint density at radius 2 is 2.06 bits per heavy atom. The summed E-state index contributed by atoms with van der Waals surface area (Å²) in [6.07, 6.45) is 2.24. The van der Waals surface area contributed by atoms with E-state index in [0.29, 0.717) is 12.0 Å². The molecule has 18 heavy (non-hydrogen) atoms. The Morgan fingerprint density at radius 3 is 2.72 bits per heavy atom. The van der Waals surface area contributed by atoms with Gasteiger partial charge in [-0.3, -0.25) is 0 Å². The highest BCUT2D eigenvalue weighted by molar-refractivity contribution is 5.19. The Labute approximate surface area is 111 Å². The summed E-state index contributed by atoms with van der Waals surface area (Å²) >= 11 is 0. The van der Waals surface area contributed by atoms with Gasteiger partial charge in [0.15, 0.2) is 0 Å². The van der Waals surface area contributed by atoms with E-state index in [1.54, 1.807) is 0 Å². The lowest BCUT2D eigenvalue weighted by Crippen LogP contribution is -2.44. The zero-order valence-electron chi connectivity index (χ0n) is 11.8. The molecule has 2 heteroatoms. The summed E-state index contributed by atoms with van der Waals surface area (Å²) in [6, 6.07) is 11.3. The molecule has 1 aliphatic heterocycles. The normalized spacial score (nSPS) is 24.7. The van der Waals surface area contributed by atoms with Crippen LogP contribution in [0.2, 0.25) is 0 Å². The van der Waals surface area contributed by atoms with Gasteiger partial charge in [-0.25, -0.2) is 0 Å². The monoisotopic (exact) mass is 247 g/mol. The lowest BCUT2D eigenvalue weighted by molar-refractivity contribution is -0.0628. The molecule has 100 valence electrons. The van der Waals surface area contributed by atoms with Gasteiger partial charge in [0.1, 0.15) is 0 Å². The van der Waals surface area contributed by atoms with Gasteiger partial charge in [-0.05, 0) is 38.2 Å². The summed E-state index contributed by atoms with van der Waals surface area (Å²) in [4.78, 5) is 0. The fourth-order valence-electron chi connectivity index (χ4n) is 2.65. The first-order valence-electron chi connectivity index (χ1n) is 6.99. The van der Waals surface area contributed by atoms with Crippen LogP contribution in [0.15, 0.2) is 30.3 Å². The van der Waals surface area contributed by atoms with E-state index in [1.807, 2.05) is 0 Å². The molecule has 1 aliphatic rings. The van der Waals surface area contributed by atoms with Crippen LogP contribution in [0.3, 0.4) is 0 Å². The van der Waals surface area contributed by atoms with Crippen LogP contribution in [0.1, 0.15) is 45.1 Å². The molecular weight excluding hydrogens is 222 g/mol. The number of hydrogen-bond acceptors (Lipinski definition) is 2. The van der Waals surface area contributed by atoms with Crippen molar-refractivity contribution in [3.05, 3.63) is 35.9 Å². The summed E-state index contributed by atoms with van der Waals surface area (Å²) in [7, 11) is 0. The van der Waals surface area contributed by atoms with E-state index < -0.39 is 0 Å². The van der Waals surface area contributed by atoms with Gasteiger partial charge in [0.25, 0.3) is 0 Å². The summed E-state index contributed by atoms with van der Waals surface area (Å²) in [5.74, 6) is 0.567. The molecule has 1 aromatic carbocycles. The summed E-state index contributed by atoms with van der Waals surface area (Å²) in [5.41, 5.74) is 1.45. The maximum atomic E-state index is 5.75. The maximum Gasteiger partial charge on any atom is 0.0641 e. The Hall–Kier alpha value is -0.860. The molecular formula is C16H25NO. The third-order valence-corrected chi connectivity index (χ3v) is 3.78. The predicted molar refractivity (Wildman–Crippen MR) is 75.9 cm³/mol. The van der Waals surface area contributed by atoms with Crippen molar-refractivity contribution < 1.29 is 4.74 Å². The van der Waals surface area contributed by atoms with Gasteiger partial charge in [-0.15, -0.1) is 0 Å². The number of benzene rings is 1. The van der Waals surface area contributed by atoms with E-state index in [2.05, 4.69) is 56.4 Å². The maximum absolute atomic E-state index is 5.75. The molecule has 1 heterocycles. The van der Waals surface area contributed by atoms with Gasteiger partial charge in [-0.1, -0.05) is 37.3 Å². The van der Waals surface area contributed by atoms with Crippen LogP contribution < -0.4 is 5.32 Å². The molecule has 2 rings (SSSR count). The van der Waals surface area contributed by atoms with E-state index in [9.17, 15) is 0 Å². The van der Waals surface area contributed by atoms with Crippen LogP contribution in [0.4, 0.5) is 0 Å². The average Bonchev–Trinajstić information content (AvgIpc) is 2.36. The molecule has 1 fully saturated rings. The molecule has 0 radical (unpaired) electrons. The molecule has 1 aromatic rings. The second-order valence-electron chi connectivity index (χ2n) is 6.02. The minimum absolute atomic E-state index is 0.0336. The third kappa shape index (κ3) is 3.82. The average molecular weight is 247 g/mol. The molecule has 0 bridgehead atoms. The quantitative estimate of drug-likeness (QED) is 0.881. The van der Waals surface area contributed by atoms with Crippen LogP contribution >= 0.6 is 0 Å². The second kappa shape index (κ2) is 5.85. The van der Waals surface area contributed by atoms with Crippen molar-refractivity contribution in [2.75, 3.05) is 13.2 Å². The number of rotatable bonds is 4. The molecule has 1 N–H and O–H groups in total. The van der Waals surface area contributed by atoms with Gasteiger partial charge >= 0.3 is 0 Å². The predicted octanol–water partition coefficient (Wildman–Crippen LogP) is 3.34. The van der Waals surface area contributed by atoms with Crippen molar-refractivity contribution in [1.29, 1.82) is 0 Å². The first kappa shape index (κ1) is 13.6. The Bertz CT molecular complexity index is 361. The smallest absolute Gasteiger partial charge is 0.0641 e. The van der Waals surface area contributed by atoms with Crippen LogP contribution in [-0.2, 0) is 4.74 Å². The highest BCUT2D eigenvalue weighted by Crippen LogP contribution is 2.24. The van der Waals surface area contributed by atoms with Crippen molar-refractivity contribution in [2.45, 2.75) is 51.2 Å². The molecule has 2 atom stereocenters. The lowest BCUT2D eigenvalue weighted by atomic mass is 9.93. The van der Waals surface area contributed by atoms with Crippen molar-refractivity contribution in [3.8, 4) is 0 Å². The zero-order chi connectivity index (χ0) is 13.0. The van der Waals surface area contributed by atoms with Gasteiger partial charge in [0, 0.05) is 19.2 Å². The van der Waals surface area contributed by atoms with Crippen LogP contribution in [0.5, 0.6) is 0 Å². The molecule has 2 nitrogen and oxygen atoms in total. The first-order chi connectivity index (χ1) is 8.57. The lowest BCUT2D eigenvalue weighted by Gasteiger charge is -2.36. The van der Waals surface area contributed by atoms with E-state index in [-0.39, 0.29) is 5.60 Å². The van der Waals surface area contributed by atoms with Gasteiger partial charge < -0.3 is 10.1 Å². The molecule has 2 unspecified atom stereocenters. The molecule has 0 amide bonds. The summed E-state index contributed by atoms with van der Waals surface area (Å²) < 4.78 is 5.75. The van der Waals surface area contributed by atoms with E-state index in [0.717, 1.165) is 26.0 Å². The van der Waals surface area contributed by atoms with Gasteiger partial charge in [0.05, 0.1) is 5.60 Å². The first-order valence-corrected chi connectivity index (χ1v) is 6.99. The number of ether oxygens (including phenoxy) is 1. The second-order valence-corrected chi connectivity index (χ2v) is 6.02. The minimum Gasteiger partial charge on any atom is -0.375 e. The number of hydrogen-bond donors (Lipinski definition) is 1. The van der Waals surface area contributed by atoms with E-state index >= 15 is 0 Å². The zero-order valence-corrected chi connectivity index (χ0v) is 11.8.